The summed E-state index contributed by atoms with van der Waals surface area (Å²) in [6.07, 6.45) is 2.69. The van der Waals surface area contributed by atoms with Crippen LogP contribution in [0.3, 0.4) is 0 Å². The van der Waals surface area contributed by atoms with Gasteiger partial charge in [0.05, 0.1) is 5.56 Å². The molecule has 2 fully saturated rings. The lowest BCUT2D eigenvalue weighted by Crippen LogP contribution is -2.49. The predicted molar refractivity (Wildman–Crippen MR) is 92.9 cm³/mol. The lowest BCUT2D eigenvalue weighted by molar-refractivity contribution is 0.0463. The van der Waals surface area contributed by atoms with Crippen molar-refractivity contribution >= 4 is 16.7 Å². The van der Waals surface area contributed by atoms with Crippen molar-refractivity contribution in [3.8, 4) is 0 Å². The number of piperazine rings is 1. The summed E-state index contributed by atoms with van der Waals surface area (Å²) in [6, 6.07) is 11.1. The second-order valence-electron chi connectivity index (χ2n) is 7.26. The van der Waals surface area contributed by atoms with Crippen molar-refractivity contribution in [3.05, 3.63) is 47.0 Å². The molecule has 0 bridgehead atoms. The molecule has 0 N–H and O–H groups in total. The van der Waals surface area contributed by atoms with Crippen molar-refractivity contribution in [2.24, 2.45) is 0 Å². The third kappa shape index (κ3) is 2.25. The summed E-state index contributed by atoms with van der Waals surface area (Å²) in [5.41, 5.74) is 3.18. The third-order valence-electron chi connectivity index (χ3n) is 5.86. The van der Waals surface area contributed by atoms with Crippen LogP contribution in [0.5, 0.6) is 0 Å². The summed E-state index contributed by atoms with van der Waals surface area (Å²) in [5, 5.41) is 2.32. The Bertz CT molecular complexity index is 817. The molecule has 2 saturated heterocycles. The van der Waals surface area contributed by atoms with Gasteiger partial charge in [-0.15, -0.1) is 0 Å². The van der Waals surface area contributed by atoms with Crippen molar-refractivity contribution in [1.29, 1.82) is 0 Å². The number of cyclic esters (lactones) is 1. The molecule has 3 aliphatic rings. The summed E-state index contributed by atoms with van der Waals surface area (Å²) in [5.74, 6) is -0.190. The van der Waals surface area contributed by atoms with Crippen LogP contribution < -0.4 is 0 Å². The van der Waals surface area contributed by atoms with Gasteiger partial charge in [0.1, 0.15) is 6.61 Å². The maximum Gasteiger partial charge on any atom is 0.339 e. The second-order valence-corrected chi connectivity index (χ2v) is 7.26. The lowest BCUT2D eigenvalue weighted by atomic mass is 9.94. The van der Waals surface area contributed by atoms with Crippen molar-refractivity contribution in [3.63, 3.8) is 0 Å². The maximum atomic E-state index is 12.1. The SMILES string of the molecule is O=C1OCc2ccc(CN3CCN4CCCC4C3)c3cccc1c23. The number of hydrogen-bond donors (Lipinski definition) is 0. The summed E-state index contributed by atoms with van der Waals surface area (Å²) >= 11 is 0. The summed E-state index contributed by atoms with van der Waals surface area (Å²) in [7, 11) is 0. The minimum Gasteiger partial charge on any atom is -0.457 e. The van der Waals surface area contributed by atoms with Crippen molar-refractivity contribution in [1.82, 2.24) is 9.80 Å². The normalized spacial score (nSPS) is 24.2. The molecule has 2 aromatic rings. The molecule has 3 aliphatic heterocycles. The van der Waals surface area contributed by atoms with E-state index in [1.165, 1.54) is 43.4 Å². The van der Waals surface area contributed by atoms with E-state index in [2.05, 4.69) is 28.0 Å². The number of nitrogens with zero attached hydrogens (tertiary/aromatic N) is 2. The van der Waals surface area contributed by atoms with E-state index in [0.29, 0.717) is 6.61 Å². The molecule has 1 unspecified atom stereocenters. The van der Waals surface area contributed by atoms with Gasteiger partial charge in [-0.05, 0) is 42.0 Å². The van der Waals surface area contributed by atoms with E-state index in [9.17, 15) is 4.79 Å². The van der Waals surface area contributed by atoms with Gasteiger partial charge in [0.25, 0.3) is 0 Å². The fourth-order valence-electron chi connectivity index (χ4n) is 4.63. The van der Waals surface area contributed by atoms with Gasteiger partial charge < -0.3 is 4.74 Å². The largest absolute Gasteiger partial charge is 0.457 e. The van der Waals surface area contributed by atoms with Crippen LogP contribution in [0.25, 0.3) is 10.8 Å². The Morgan fingerprint density at radius 2 is 2.08 bits per heavy atom. The molecule has 124 valence electrons. The molecular formula is C20H22N2O2. The molecule has 0 radical (unpaired) electrons. The maximum absolute atomic E-state index is 12.1. The number of rotatable bonds is 2. The van der Waals surface area contributed by atoms with Crippen LogP contribution in [0.2, 0.25) is 0 Å². The molecule has 4 nitrogen and oxygen atoms in total. The zero-order valence-corrected chi connectivity index (χ0v) is 13.8. The molecule has 24 heavy (non-hydrogen) atoms. The number of carbonyl (C=O) groups excluding carboxylic acids is 1. The van der Waals surface area contributed by atoms with Gasteiger partial charge in [0.2, 0.25) is 0 Å². The molecule has 3 heterocycles. The van der Waals surface area contributed by atoms with Crippen molar-refractivity contribution in [2.45, 2.75) is 32.0 Å². The first-order valence-electron chi connectivity index (χ1n) is 8.96. The zero-order chi connectivity index (χ0) is 16.1. The fourth-order valence-corrected chi connectivity index (χ4v) is 4.63. The van der Waals surface area contributed by atoms with Gasteiger partial charge in [-0.3, -0.25) is 9.80 Å². The highest BCUT2D eigenvalue weighted by Gasteiger charge is 2.30. The minimum absolute atomic E-state index is 0.190. The van der Waals surface area contributed by atoms with Crippen molar-refractivity contribution in [2.75, 3.05) is 26.2 Å². The average Bonchev–Trinajstić information content (AvgIpc) is 3.07. The molecule has 0 amide bonds. The van der Waals surface area contributed by atoms with E-state index >= 15 is 0 Å². The molecule has 1 atom stereocenters. The molecule has 2 aromatic carbocycles. The van der Waals surface area contributed by atoms with Gasteiger partial charge >= 0.3 is 5.97 Å². The molecule has 0 aromatic heterocycles. The van der Waals surface area contributed by atoms with Crippen LogP contribution >= 0.6 is 0 Å². The van der Waals surface area contributed by atoms with E-state index < -0.39 is 0 Å². The topological polar surface area (TPSA) is 32.8 Å². The van der Waals surface area contributed by atoms with Crippen LogP contribution in [0.1, 0.15) is 34.3 Å². The highest BCUT2D eigenvalue weighted by atomic mass is 16.5. The summed E-state index contributed by atoms with van der Waals surface area (Å²) in [6.45, 7) is 6.15. The van der Waals surface area contributed by atoms with Crippen LogP contribution in [0.4, 0.5) is 0 Å². The number of fused-ring (bicyclic) bond motifs is 1. The highest BCUT2D eigenvalue weighted by molar-refractivity contribution is 6.08. The molecule has 5 rings (SSSR count). The molecule has 4 heteroatoms. The Balaban J connectivity index is 1.49. The van der Waals surface area contributed by atoms with Crippen LogP contribution in [0.15, 0.2) is 30.3 Å². The fraction of sp³-hybridized carbons (Fsp3) is 0.450. The minimum atomic E-state index is -0.190. The third-order valence-corrected chi connectivity index (χ3v) is 5.86. The van der Waals surface area contributed by atoms with E-state index in [-0.39, 0.29) is 5.97 Å². The van der Waals surface area contributed by atoms with E-state index in [0.717, 1.165) is 35.6 Å². The smallest absolute Gasteiger partial charge is 0.339 e. The first-order chi connectivity index (χ1) is 11.8. The number of hydrogen-bond acceptors (Lipinski definition) is 4. The van der Waals surface area contributed by atoms with Gasteiger partial charge in [-0.1, -0.05) is 24.3 Å². The van der Waals surface area contributed by atoms with Gasteiger partial charge in [-0.2, -0.15) is 0 Å². The van der Waals surface area contributed by atoms with Crippen LogP contribution in [-0.2, 0) is 17.9 Å². The van der Waals surface area contributed by atoms with Crippen molar-refractivity contribution < 1.29 is 9.53 Å². The standard InChI is InChI=1S/C20H22N2O2/c23-20-18-5-1-4-17-14(6-7-15(13-24-20)19(17)18)11-21-9-10-22-8-2-3-16(22)12-21/h1,4-7,16H,2-3,8-13H2. The second kappa shape index (κ2) is 5.57. The quantitative estimate of drug-likeness (QED) is 0.796. The Morgan fingerprint density at radius 3 is 3.04 bits per heavy atom. The number of carbonyl (C=O) groups is 1. The molecule has 0 saturated carbocycles. The molecule has 0 spiro atoms. The van der Waals surface area contributed by atoms with Gasteiger partial charge in [-0.25, -0.2) is 4.79 Å². The predicted octanol–water partition coefficient (Wildman–Crippen LogP) is 2.79. The van der Waals surface area contributed by atoms with Crippen LogP contribution in [-0.4, -0.2) is 48.0 Å². The van der Waals surface area contributed by atoms with Crippen LogP contribution in [0, 0.1) is 0 Å². The van der Waals surface area contributed by atoms with E-state index in [1.54, 1.807) is 0 Å². The summed E-state index contributed by atoms with van der Waals surface area (Å²) in [4.78, 5) is 17.3. The lowest BCUT2D eigenvalue weighted by Gasteiger charge is -2.37. The van der Waals surface area contributed by atoms with Gasteiger partial charge in [0.15, 0.2) is 0 Å². The number of esters is 1. The van der Waals surface area contributed by atoms with E-state index in [1.807, 2.05) is 12.1 Å². The molecular weight excluding hydrogens is 300 g/mol. The average molecular weight is 322 g/mol. The zero-order valence-electron chi connectivity index (χ0n) is 13.8. The summed E-state index contributed by atoms with van der Waals surface area (Å²) < 4.78 is 5.28. The monoisotopic (exact) mass is 322 g/mol. The first kappa shape index (κ1) is 14.4. The highest BCUT2D eigenvalue weighted by Crippen LogP contribution is 2.32. The van der Waals surface area contributed by atoms with Gasteiger partial charge in [0, 0.05) is 37.6 Å². The number of ether oxygens (including phenoxy) is 1. The number of benzene rings is 2. The Morgan fingerprint density at radius 1 is 1.12 bits per heavy atom. The Kier molecular flexibility index (Phi) is 3.35. The van der Waals surface area contributed by atoms with E-state index in [4.69, 9.17) is 4.74 Å². The Labute approximate surface area is 142 Å². The Hall–Kier alpha value is -1.91. The molecule has 0 aliphatic carbocycles. The first-order valence-corrected chi connectivity index (χ1v) is 8.96.